The highest BCUT2D eigenvalue weighted by Gasteiger charge is 2.74. The van der Waals surface area contributed by atoms with Crippen molar-refractivity contribution in [3.8, 4) is 0 Å². The Kier molecular flexibility index (Phi) is 2.55. The minimum absolute atomic E-state index is 0.247. The van der Waals surface area contributed by atoms with Crippen molar-refractivity contribution < 1.29 is 8.42 Å². The van der Waals surface area contributed by atoms with Crippen molar-refractivity contribution in [2.45, 2.75) is 36.6 Å². The molecule has 4 aliphatic rings. The van der Waals surface area contributed by atoms with Crippen LogP contribution in [0.5, 0.6) is 0 Å². The molecule has 5 heteroatoms. The lowest BCUT2D eigenvalue weighted by Crippen LogP contribution is -2.71. The van der Waals surface area contributed by atoms with Gasteiger partial charge in [-0.3, -0.25) is 0 Å². The lowest BCUT2D eigenvalue weighted by Gasteiger charge is -2.69. The van der Waals surface area contributed by atoms with Gasteiger partial charge in [-0.05, 0) is 72.4 Å². The summed E-state index contributed by atoms with van der Waals surface area (Å²) in [5, 5.41) is 1.81. The maximum absolute atomic E-state index is 13.4. The number of fused-ring (bicyclic) bond motifs is 2. The van der Waals surface area contributed by atoms with Crippen molar-refractivity contribution in [3.05, 3.63) is 36.4 Å². The van der Waals surface area contributed by atoms with Crippen LogP contribution in [0.1, 0.15) is 25.7 Å². The van der Waals surface area contributed by atoms with Crippen molar-refractivity contribution in [2.24, 2.45) is 23.2 Å². The minimum atomic E-state index is -3.44. The Morgan fingerprint density at radius 2 is 1.92 bits per heavy atom. The highest BCUT2D eigenvalue weighted by atomic mass is 32.2. The molecule has 4 nitrogen and oxygen atoms in total. The highest BCUT2D eigenvalue weighted by Crippen LogP contribution is 2.76. The van der Waals surface area contributed by atoms with Crippen LogP contribution in [0.3, 0.4) is 0 Å². The Balaban J connectivity index is 1.44. The second kappa shape index (κ2) is 4.38. The van der Waals surface area contributed by atoms with E-state index in [9.17, 15) is 8.42 Å². The normalized spacial score (nSPS) is 38.9. The second-order valence-corrected chi connectivity index (χ2v) is 10.5. The number of nitrogens with zero attached hydrogens (tertiary/aromatic N) is 1. The lowest BCUT2D eigenvalue weighted by molar-refractivity contribution is -0.183. The SMILES string of the molecule is Nc1cccc2cc(S(=O)(=O)N3CC4CC5CC6CC3C56C4)ccc12. The fourth-order valence-corrected chi connectivity index (χ4v) is 8.48. The van der Waals surface area contributed by atoms with Gasteiger partial charge in [0.25, 0.3) is 0 Å². The molecule has 0 aromatic heterocycles. The third kappa shape index (κ3) is 1.60. The van der Waals surface area contributed by atoms with E-state index in [0.29, 0.717) is 28.5 Å². The van der Waals surface area contributed by atoms with Crippen LogP contribution < -0.4 is 5.73 Å². The molecular formula is C20H22N2O2S. The van der Waals surface area contributed by atoms with E-state index in [1.54, 1.807) is 12.1 Å². The first-order valence-corrected chi connectivity index (χ1v) is 10.7. The molecule has 1 saturated heterocycles. The number of hydrogen-bond acceptors (Lipinski definition) is 3. The van der Waals surface area contributed by atoms with E-state index in [1.165, 1.54) is 19.3 Å². The average Bonchev–Trinajstić information content (AvgIpc) is 2.95. The van der Waals surface area contributed by atoms with Crippen molar-refractivity contribution in [1.29, 1.82) is 0 Å². The Hall–Kier alpha value is -1.59. The zero-order valence-corrected chi connectivity index (χ0v) is 14.9. The summed E-state index contributed by atoms with van der Waals surface area (Å²) in [4.78, 5) is 0.419. The molecule has 4 fully saturated rings. The van der Waals surface area contributed by atoms with E-state index in [2.05, 4.69) is 0 Å². The van der Waals surface area contributed by atoms with Gasteiger partial charge in [0.2, 0.25) is 10.0 Å². The third-order valence-electron chi connectivity index (χ3n) is 7.76. The molecule has 2 bridgehead atoms. The molecule has 25 heavy (non-hydrogen) atoms. The van der Waals surface area contributed by atoms with Gasteiger partial charge in [-0.1, -0.05) is 18.2 Å². The van der Waals surface area contributed by atoms with E-state index in [4.69, 9.17) is 5.73 Å². The Morgan fingerprint density at radius 3 is 2.76 bits per heavy atom. The van der Waals surface area contributed by atoms with E-state index < -0.39 is 10.0 Å². The van der Waals surface area contributed by atoms with Crippen LogP contribution in [0, 0.1) is 23.2 Å². The molecule has 1 spiro atoms. The summed E-state index contributed by atoms with van der Waals surface area (Å²) in [6.07, 6.45) is 4.93. The molecular weight excluding hydrogens is 332 g/mol. The standard InChI is InChI=1S/C20H22N2O2S/c21-18-3-1-2-13-7-16(4-5-17(13)18)25(23,24)22-11-12-6-14-8-15-9-19(22)20(14,15)10-12/h1-5,7,12,14-15,19H,6,8-11,21H2. The van der Waals surface area contributed by atoms with Gasteiger partial charge in [-0.25, -0.2) is 8.42 Å². The zero-order chi connectivity index (χ0) is 17.0. The number of rotatable bonds is 2. The number of sulfonamides is 1. The Morgan fingerprint density at radius 1 is 1.08 bits per heavy atom. The number of benzene rings is 2. The van der Waals surface area contributed by atoms with Gasteiger partial charge in [-0.15, -0.1) is 0 Å². The van der Waals surface area contributed by atoms with Crippen LogP contribution in [-0.4, -0.2) is 25.3 Å². The average molecular weight is 354 g/mol. The molecule has 5 atom stereocenters. The first-order chi connectivity index (χ1) is 12.0. The molecule has 0 amide bonds. The van der Waals surface area contributed by atoms with Crippen molar-refractivity contribution in [2.75, 3.05) is 12.3 Å². The van der Waals surface area contributed by atoms with Gasteiger partial charge < -0.3 is 5.73 Å². The zero-order valence-electron chi connectivity index (χ0n) is 14.1. The lowest BCUT2D eigenvalue weighted by atomic mass is 9.40. The molecule has 1 aliphatic heterocycles. The summed E-state index contributed by atoms with van der Waals surface area (Å²) >= 11 is 0. The molecule has 2 N–H and O–H groups in total. The minimum Gasteiger partial charge on any atom is -0.398 e. The van der Waals surface area contributed by atoms with Gasteiger partial charge in [-0.2, -0.15) is 4.31 Å². The number of nitrogens with two attached hydrogens (primary N) is 1. The van der Waals surface area contributed by atoms with Gasteiger partial charge >= 0.3 is 0 Å². The summed E-state index contributed by atoms with van der Waals surface area (Å²) in [5.74, 6) is 2.15. The summed E-state index contributed by atoms with van der Waals surface area (Å²) < 4.78 is 28.7. The quantitative estimate of drug-likeness (QED) is 0.842. The molecule has 3 aliphatic carbocycles. The number of anilines is 1. The Labute approximate surface area is 148 Å². The molecule has 130 valence electrons. The van der Waals surface area contributed by atoms with Gasteiger partial charge in [0.15, 0.2) is 0 Å². The summed E-state index contributed by atoms with van der Waals surface area (Å²) in [7, 11) is -3.44. The molecule has 2 aromatic rings. The van der Waals surface area contributed by atoms with Crippen LogP contribution >= 0.6 is 0 Å². The molecule has 6 rings (SSSR count). The fourth-order valence-electron chi connectivity index (χ4n) is 6.67. The number of hydrogen-bond donors (Lipinski definition) is 1. The van der Waals surface area contributed by atoms with Crippen LogP contribution in [-0.2, 0) is 10.0 Å². The van der Waals surface area contributed by atoms with E-state index in [0.717, 1.165) is 29.0 Å². The molecule has 2 aromatic carbocycles. The first kappa shape index (κ1) is 14.6. The maximum Gasteiger partial charge on any atom is 0.243 e. The first-order valence-electron chi connectivity index (χ1n) is 9.30. The van der Waals surface area contributed by atoms with Gasteiger partial charge in [0.05, 0.1) is 4.90 Å². The molecule has 1 heterocycles. The summed E-state index contributed by atoms with van der Waals surface area (Å²) in [6, 6.07) is 11.3. The molecule has 0 radical (unpaired) electrons. The summed E-state index contributed by atoms with van der Waals surface area (Å²) in [6.45, 7) is 0.715. The maximum atomic E-state index is 13.4. The Bertz CT molecular complexity index is 1020. The van der Waals surface area contributed by atoms with E-state index in [-0.39, 0.29) is 6.04 Å². The van der Waals surface area contributed by atoms with Crippen LogP contribution in [0.2, 0.25) is 0 Å². The monoisotopic (exact) mass is 354 g/mol. The van der Waals surface area contributed by atoms with E-state index in [1.807, 2.05) is 28.6 Å². The molecule has 3 saturated carbocycles. The van der Waals surface area contributed by atoms with Crippen LogP contribution in [0.4, 0.5) is 5.69 Å². The summed E-state index contributed by atoms with van der Waals surface area (Å²) in [5.41, 5.74) is 7.05. The number of piperidine rings is 1. The molecule has 5 unspecified atom stereocenters. The fraction of sp³-hybridized carbons (Fsp3) is 0.500. The second-order valence-electron chi connectivity index (χ2n) is 8.60. The smallest absolute Gasteiger partial charge is 0.243 e. The van der Waals surface area contributed by atoms with Crippen molar-refractivity contribution in [1.82, 2.24) is 4.31 Å². The largest absolute Gasteiger partial charge is 0.398 e. The topological polar surface area (TPSA) is 63.4 Å². The van der Waals surface area contributed by atoms with E-state index >= 15 is 0 Å². The van der Waals surface area contributed by atoms with Crippen LogP contribution in [0.25, 0.3) is 10.8 Å². The third-order valence-corrected chi connectivity index (χ3v) is 9.63. The van der Waals surface area contributed by atoms with Crippen LogP contribution in [0.15, 0.2) is 41.3 Å². The highest BCUT2D eigenvalue weighted by molar-refractivity contribution is 7.89. The predicted molar refractivity (Wildman–Crippen MR) is 97.4 cm³/mol. The number of nitrogen functional groups attached to an aromatic ring is 1. The van der Waals surface area contributed by atoms with Crippen molar-refractivity contribution in [3.63, 3.8) is 0 Å². The van der Waals surface area contributed by atoms with Gasteiger partial charge in [0, 0.05) is 23.7 Å². The predicted octanol–water partition coefficient (Wildman–Crippen LogP) is 3.23. The van der Waals surface area contributed by atoms with Gasteiger partial charge in [0.1, 0.15) is 0 Å². The van der Waals surface area contributed by atoms with Crippen molar-refractivity contribution >= 4 is 26.5 Å².